The van der Waals surface area contributed by atoms with Gasteiger partial charge in [0.15, 0.2) is 0 Å². The minimum absolute atomic E-state index is 0.00430. The van der Waals surface area contributed by atoms with Crippen LogP contribution in [0.1, 0.15) is 65.7 Å². The van der Waals surface area contributed by atoms with E-state index in [0.717, 1.165) is 19.3 Å². The fourth-order valence-electron chi connectivity index (χ4n) is 3.52. The van der Waals surface area contributed by atoms with Crippen LogP contribution in [0.5, 0.6) is 0 Å². The smallest absolute Gasteiger partial charge is 0.326 e. The number of carbonyl (C=O) groups excluding carboxylic acids is 1. The third-order valence-corrected chi connectivity index (χ3v) is 4.38. The van der Waals surface area contributed by atoms with Crippen molar-refractivity contribution >= 4 is 5.97 Å². The SMILES string of the molecule is CCOC(=O)C1(NC2CC2)CCCC(CC(C)C)C1. The molecule has 3 heteroatoms. The van der Waals surface area contributed by atoms with E-state index in [1.54, 1.807) is 0 Å². The van der Waals surface area contributed by atoms with Crippen LogP contribution < -0.4 is 5.32 Å². The van der Waals surface area contributed by atoms with Gasteiger partial charge in [0.1, 0.15) is 5.54 Å². The van der Waals surface area contributed by atoms with E-state index in [4.69, 9.17) is 4.74 Å². The summed E-state index contributed by atoms with van der Waals surface area (Å²) in [5.74, 6) is 1.38. The third-order valence-electron chi connectivity index (χ3n) is 4.38. The molecule has 3 nitrogen and oxygen atoms in total. The first kappa shape index (κ1) is 14.8. The second-order valence-corrected chi connectivity index (χ2v) is 6.81. The van der Waals surface area contributed by atoms with E-state index in [-0.39, 0.29) is 11.5 Å². The van der Waals surface area contributed by atoms with Gasteiger partial charge >= 0.3 is 5.97 Å². The number of nitrogens with one attached hydrogen (secondary N) is 1. The minimum Gasteiger partial charge on any atom is -0.465 e. The quantitative estimate of drug-likeness (QED) is 0.751. The van der Waals surface area contributed by atoms with Crippen LogP contribution in [0.15, 0.2) is 0 Å². The zero-order chi connectivity index (χ0) is 13.9. The molecule has 0 amide bonds. The summed E-state index contributed by atoms with van der Waals surface area (Å²) < 4.78 is 5.37. The van der Waals surface area contributed by atoms with Crippen LogP contribution in [-0.2, 0) is 9.53 Å². The van der Waals surface area contributed by atoms with Gasteiger partial charge in [-0.15, -0.1) is 0 Å². The molecule has 1 N–H and O–H groups in total. The summed E-state index contributed by atoms with van der Waals surface area (Å²) in [7, 11) is 0. The van der Waals surface area contributed by atoms with Gasteiger partial charge in [0.05, 0.1) is 6.61 Å². The summed E-state index contributed by atoms with van der Waals surface area (Å²) in [6, 6.07) is 0.558. The van der Waals surface area contributed by atoms with Gasteiger partial charge in [0.2, 0.25) is 0 Å². The number of hydrogen-bond acceptors (Lipinski definition) is 3. The lowest BCUT2D eigenvalue weighted by Crippen LogP contribution is -2.56. The van der Waals surface area contributed by atoms with Crippen LogP contribution in [0.2, 0.25) is 0 Å². The van der Waals surface area contributed by atoms with E-state index in [9.17, 15) is 4.79 Å². The van der Waals surface area contributed by atoms with Crippen molar-refractivity contribution in [1.29, 1.82) is 0 Å². The molecule has 2 rings (SSSR count). The molecule has 2 fully saturated rings. The van der Waals surface area contributed by atoms with E-state index >= 15 is 0 Å². The van der Waals surface area contributed by atoms with Gasteiger partial charge in [-0.3, -0.25) is 10.1 Å². The molecule has 0 aromatic rings. The molecule has 0 aliphatic heterocycles. The van der Waals surface area contributed by atoms with E-state index in [1.807, 2.05) is 6.92 Å². The van der Waals surface area contributed by atoms with Crippen molar-refractivity contribution in [2.24, 2.45) is 11.8 Å². The van der Waals surface area contributed by atoms with Gasteiger partial charge in [0, 0.05) is 6.04 Å². The van der Waals surface area contributed by atoms with Gasteiger partial charge < -0.3 is 4.74 Å². The Balaban J connectivity index is 2.04. The van der Waals surface area contributed by atoms with E-state index in [2.05, 4.69) is 19.2 Å². The predicted molar refractivity (Wildman–Crippen MR) is 76.9 cm³/mol. The van der Waals surface area contributed by atoms with Crippen molar-refractivity contribution in [3.05, 3.63) is 0 Å². The van der Waals surface area contributed by atoms with Crippen molar-refractivity contribution in [3.8, 4) is 0 Å². The predicted octanol–water partition coefficient (Wildman–Crippen LogP) is 3.28. The average molecular weight is 267 g/mol. The number of carbonyl (C=O) groups is 1. The third kappa shape index (κ3) is 3.95. The van der Waals surface area contributed by atoms with E-state index in [1.165, 1.54) is 25.7 Å². The fraction of sp³-hybridized carbons (Fsp3) is 0.938. The van der Waals surface area contributed by atoms with Crippen molar-refractivity contribution in [3.63, 3.8) is 0 Å². The first-order valence-electron chi connectivity index (χ1n) is 8.00. The molecule has 0 aromatic heterocycles. The van der Waals surface area contributed by atoms with Crippen LogP contribution in [-0.4, -0.2) is 24.2 Å². The average Bonchev–Trinajstić information content (AvgIpc) is 3.12. The van der Waals surface area contributed by atoms with Crippen LogP contribution >= 0.6 is 0 Å². The maximum atomic E-state index is 12.4. The maximum absolute atomic E-state index is 12.4. The van der Waals surface area contributed by atoms with Gasteiger partial charge in [0.25, 0.3) is 0 Å². The Morgan fingerprint density at radius 2 is 2.11 bits per heavy atom. The molecule has 19 heavy (non-hydrogen) atoms. The van der Waals surface area contributed by atoms with Gasteiger partial charge in [-0.25, -0.2) is 0 Å². The largest absolute Gasteiger partial charge is 0.465 e. The van der Waals surface area contributed by atoms with Crippen LogP contribution in [0.4, 0.5) is 0 Å². The van der Waals surface area contributed by atoms with Crippen molar-refractivity contribution in [1.82, 2.24) is 5.32 Å². The molecule has 0 radical (unpaired) electrons. The Hall–Kier alpha value is -0.570. The summed E-state index contributed by atoms with van der Waals surface area (Å²) in [5.41, 5.74) is -0.380. The lowest BCUT2D eigenvalue weighted by molar-refractivity contribution is -0.154. The highest BCUT2D eigenvalue weighted by Gasteiger charge is 2.46. The molecule has 2 aliphatic rings. The summed E-state index contributed by atoms with van der Waals surface area (Å²) in [5, 5.41) is 3.62. The van der Waals surface area contributed by atoms with Crippen LogP contribution in [0.25, 0.3) is 0 Å². The molecule has 0 heterocycles. The monoisotopic (exact) mass is 267 g/mol. The molecule has 2 saturated carbocycles. The van der Waals surface area contributed by atoms with E-state index in [0.29, 0.717) is 24.5 Å². The molecule has 2 unspecified atom stereocenters. The van der Waals surface area contributed by atoms with E-state index < -0.39 is 0 Å². The summed E-state index contributed by atoms with van der Waals surface area (Å²) in [6.07, 6.45) is 8.01. The molecule has 0 saturated heterocycles. The highest BCUT2D eigenvalue weighted by Crippen LogP contribution is 2.39. The Morgan fingerprint density at radius 3 is 2.68 bits per heavy atom. The number of esters is 1. The van der Waals surface area contributed by atoms with Gasteiger partial charge in [-0.2, -0.15) is 0 Å². The maximum Gasteiger partial charge on any atom is 0.326 e. The second kappa shape index (κ2) is 6.25. The van der Waals surface area contributed by atoms with Crippen LogP contribution in [0, 0.1) is 11.8 Å². The summed E-state index contributed by atoms with van der Waals surface area (Å²) >= 11 is 0. The molecule has 110 valence electrons. The fourth-order valence-corrected chi connectivity index (χ4v) is 3.52. The minimum atomic E-state index is -0.380. The Kier molecular flexibility index (Phi) is 4.88. The topological polar surface area (TPSA) is 38.3 Å². The molecule has 0 spiro atoms. The Morgan fingerprint density at radius 1 is 1.37 bits per heavy atom. The number of rotatable bonds is 6. The molecular formula is C16H29NO2. The lowest BCUT2D eigenvalue weighted by atomic mass is 9.73. The normalized spacial score (nSPS) is 31.5. The first-order chi connectivity index (χ1) is 9.05. The number of ether oxygens (including phenoxy) is 1. The number of hydrogen-bond donors (Lipinski definition) is 1. The molecule has 2 atom stereocenters. The molecule has 0 aromatic carbocycles. The van der Waals surface area contributed by atoms with Crippen LogP contribution in [0.3, 0.4) is 0 Å². The molecular weight excluding hydrogens is 238 g/mol. The Bertz CT molecular complexity index is 312. The van der Waals surface area contributed by atoms with Crippen molar-refractivity contribution in [2.45, 2.75) is 77.3 Å². The molecule has 2 aliphatic carbocycles. The van der Waals surface area contributed by atoms with Gasteiger partial charge in [-0.1, -0.05) is 26.7 Å². The van der Waals surface area contributed by atoms with Crippen molar-refractivity contribution < 1.29 is 9.53 Å². The first-order valence-corrected chi connectivity index (χ1v) is 8.00. The highest BCUT2D eigenvalue weighted by molar-refractivity contribution is 5.81. The lowest BCUT2D eigenvalue weighted by Gasteiger charge is -2.40. The standard InChI is InChI=1S/C16H29NO2/c1-4-19-15(18)16(17-14-7-8-14)9-5-6-13(11-16)10-12(2)3/h12-14,17H,4-11H2,1-3H3. The Labute approximate surface area is 117 Å². The zero-order valence-electron chi connectivity index (χ0n) is 12.7. The highest BCUT2D eigenvalue weighted by atomic mass is 16.5. The summed E-state index contributed by atoms with van der Waals surface area (Å²) in [6.45, 7) is 6.93. The zero-order valence-corrected chi connectivity index (χ0v) is 12.7. The summed E-state index contributed by atoms with van der Waals surface area (Å²) in [4.78, 5) is 12.4. The van der Waals surface area contributed by atoms with Crippen molar-refractivity contribution in [2.75, 3.05) is 6.61 Å². The second-order valence-electron chi connectivity index (χ2n) is 6.81. The van der Waals surface area contributed by atoms with Gasteiger partial charge in [-0.05, 0) is 50.9 Å². The molecule has 0 bridgehead atoms.